The van der Waals surface area contributed by atoms with Crippen molar-refractivity contribution in [3.8, 4) is 0 Å². The second-order valence-corrected chi connectivity index (χ2v) is 4.06. The molecule has 4 heteroatoms. The van der Waals surface area contributed by atoms with E-state index in [1.54, 1.807) is 7.48 Å². The van der Waals surface area contributed by atoms with Gasteiger partial charge in [0.25, 0.3) is 7.48 Å². The topological polar surface area (TPSA) is 38.5 Å². The van der Waals surface area contributed by atoms with Crippen molar-refractivity contribution in [2.24, 2.45) is 5.73 Å². The van der Waals surface area contributed by atoms with E-state index in [1.165, 1.54) is 37.2 Å². The minimum absolute atomic E-state index is 0.256. The zero-order valence-corrected chi connectivity index (χ0v) is 9.56. The maximum absolute atomic E-state index is 5.24. The minimum Gasteiger partial charge on any atom is -0.428 e. The van der Waals surface area contributed by atoms with Gasteiger partial charge in [-0.3, -0.25) is 0 Å². The predicted molar refractivity (Wildman–Crippen MR) is 67.5 cm³/mol. The van der Waals surface area contributed by atoms with Gasteiger partial charge in [-0.1, -0.05) is 17.7 Å². The standard InChI is InChI=1S/C12H18BN2O/c14-10-16-13-9-11-3-5-12(6-4-11)15-7-1-2-8-15/h3-6H,1-2,7-10,14H2. The second-order valence-electron chi connectivity index (χ2n) is 4.06. The van der Waals surface area contributed by atoms with Gasteiger partial charge in [0.1, 0.15) is 0 Å². The molecule has 0 bridgehead atoms. The average molecular weight is 217 g/mol. The van der Waals surface area contributed by atoms with Gasteiger partial charge in [-0.05, 0) is 31.3 Å². The second kappa shape index (κ2) is 5.92. The first-order valence-corrected chi connectivity index (χ1v) is 5.87. The zero-order valence-electron chi connectivity index (χ0n) is 9.56. The Hall–Kier alpha value is -0.995. The maximum Gasteiger partial charge on any atom is 0.298 e. The van der Waals surface area contributed by atoms with Crippen molar-refractivity contribution in [1.29, 1.82) is 0 Å². The van der Waals surface area contributed by atoms with Crippen molar-refractivity contribution in [2.45, 2.75) is 19.2 Å². The van der Waals surface area contributed by atoms with Crippen LogP contribution in [-0.4, -0.2) is 27.3 Å². The van der Waals surface area contributed by atoms with Crippen LogP contribution in [-0.2, 0) is 11.0 Å². The van der Waals surface area contributed by atoms with Crippen LogP contribution in [0.25, 0.3) is 0 Å². The first-order valence-electron chi connectivity index (χ1n) is 5.87. The molecule has 1 aromatic carbocycles. The van der Waals surface area contributed by atoms with E-state index in [1.807, 2.05) is 0 Å². The number of anilines is 1. The van der Waals surface area contributed by atoms with E-state index in [4.69, 9.17) is 10.4 Å². The third kappa shape index (κ3) is 3.00. The van der Waals surface area contributed by atoms with Crippen LogP contribution in [0, 0.1) is 0 Å². The summed E-state index contributed by atoms with van der Waals surface area (Å²) in [5.41, 5.74) is 7.83. The Morgan fingerprint density at radius 1 is 1.19 bits per heavy atom. The summed E-state index contributed by atoms with van der Waals surface area (Å²) in [5.74, 6) is 0. The molecule has 0 unspecified atom stereocenters. The molecule has 1 fully saturated rings. The highest BCUT2D eigenvalue weighted by atomic mass is 16.4. The fraction of sp³-hybridized carbons (Fsp3) is 0.500. The summed E-state index contributed by atoms with van der Waals surface area (Å²) in [7, 11) is 1.75. The van der Waals surface area contributed by atoms with Gasteiger partial charge in [0.15, 0.2) is 0 Å². The molecule has 0 aromatic heterocycles. The molecule has 1 heterocycles. The molecule has 0 spiro atoms. The molecule has 1 saturated heterocycles. The van der Waals surface area contributed by atoms with Crippen LogP contribution in [0.4, 0.5) is 5.69 Å². The molecule has 0 atom stereocenters. The lowest BCUT2D eigenvalue weighted by Crippen LogP contribution is -2.17. The van der Waals surface area contributed by atoms with Crippen molar-refractivity contribution < 1.29 is 4.65 Å². The molecule has 1 aliphatic heterocycles. The van der Waals surface area contributed by atoms with Crippen LogP contribution in [0.3, 0.4) is 0 Å². The van der Waals surface area contributed by atoms with Crippen LogP contribution in [0.2, 0.25) is 0 Å². The Balaban J connectivity index is 1.88. The van der Waals surface area contributed by atoms with Crippen LogP contribution < -0.4 is 10.6 Å². The highest BCUT2D eigenvalue weighted by Gasteiger charge is 2.11. The maximum atomic E-state index is 5.24. The van der Waals surface area contributed by atoms with E-state index < -0.39 is 0 Å². The Bertz CT molecular complexity index is 309. The number of benzene rings is 1. The zero-order chi connectivity index (χ0) is 11.2. The van der Waals surface area contributed by atoms with E-state index in [-0.39, 0.29) is 6.73 Å². The van der Waals surface area contributed by atoms with Gasteiger partial charge in [0.2, 0.25) is 0 Å². The normalized spacial score (nSPS) is 15.4. The van der Waals surface area contributed by atoms with Gasteiger partial charge < -0.3 is 15.3 Å². The van der Waals surface area contributed by atoms with Gasteiger partial charge in [-0.15, -0.1) is 0 Å². The third-order valence-corrected chi connectivity index (χ3v) is 2.94. The highest BCUT2D eigenvalue weighted by molar-refractivity contribution is 6.26. The monoisotopic (exact) mass is 217 g/mol. The van der Waals surface area contributed by atoms with Gasteiger partial charge in [0.05, 0.1) is 6.73 Å². The molecule has 85 valence electrons. The molecular weight excluding hydrogens is 199 g/mol. The molecule has 3 nitrogen and oxygen atoms in total. The lowest BCUT2D eigenvalue weighted by molar-refractivity contribution is 0.348. The lowest BCUT2D eigenvalue weighted by atomic mass is 9.89. The fourth-order valence-electron chi connectivity index (χ4n) is 2.04. The van der Waals surface area contributed by atoms with Crippen molar-refractivity contribution in [2.75, 3.05) is 24.7 Å². The van der Waals surface area contributed by atoms with Gasteiger partial charge >= 0.3 is 0 Å². The summed E-state index contributed by atoms with van der Waals surface area (Å²) in [6.07, 6.45) is 3.46. The first kappa shape index (κ1) is 11.5. The van der Waals surface area contributed by atoms with Crippen molar-refractivity contribution >= 4 is 13.2 Å². The quantitative estimate of drug-likeness (QED) is 0.459. The summed E-state index contributed by atoms with van der Waals surface area (Å²) in [4.78, 5) is 2.43. The number of rotatable bonds is 5. The van der Waals surface area contributed by atoms with E-state index in [0.717, 1.165) is 6.32 Å². The summed E-state index contributed by atoms with van der Waals surface area (Å²) in [6.45, 7) is 2.65. The van der Waals surface area contributed by atoms with Crippen LogP contribution >= 0.6 is 0 Å². The molecule has 1 radical (unpaired) electrons. The minimum atomic E-state index is 0.256. The van der Waals surface area contributed by atoms with E-state index in [0.29, 0.717) is 0 Å². The average Bonchev–Trinajstić information content (AvgIpc) is 2.84. The Morgan fingerprint density at radius 2 is 1.88 bits per heavy atom. The van der Waals surface area contributed by atoms with Crippen molar-refractivity contribution in [1.82, 2.24) is 0 Å². The van der Waals surface area contributed by atoms with Gasteiger partial charge in [0, 0.05) is 18.8 Å². The number of nitrogens with zero attached hydrogens (tertiary/aromatic N) is 1. The highest BCUT2D eigenvalue weighted by Crippen LogP contribution is 2.20. The summed E-state index contributed by atoms with van der Waals surface area (Å²) in [6, 6.07) is 8.70. The molecule has 0 amide bonds. The van der Waals surface area contributed by atoms with E-state index in [2.05, 4.69) is 29.2 Å². The van der Waals surface area contributed by atoms with Gasteiger partial charge in [-0.2, -0.15) is 0 Å². The number of hydrogen-bond acceptors (Lipinski definition) is 3. The molecular formula is C12H18BN2O. The molecule has 2 N–H and O–H groups in total. The largest absolute Gasteiger partial charge is 0.428 e. The summed E-state index contributed by atoms with van der Waals surface area (Å²) in [5, 5.41) is 0. The molecule has 0 aliphatic carbocycles. The molecule has 16 heavy (non-hydrogen) atoms. The molecule has 1 aromatic rings. The van der Waals surface area contributed by atoms with Crippen molar-refractivity contribution in [3.63, 3.8) is 0 Å². The molecule has 1 aliphatic rings. The fourth-order valence-corrected chi connectivity index (χ4v) is 2.04. The Labute approximate surface area is 97.9 Å². The molecule has 0 saturated carbocycles. The lowest BCUT2D eigenvalue weighted by Gasteiger charge is -2.17. The van der Waals surface area contributed by atoms with E-state index in [9.17, 15) is 0 Å². The number of nitrogens with two attached hydrogens (primary N) is 1. The van der Waals surface area contributed by atoms with Crippen LogP contribution in [0.1, 0.15) is 18.4 Å². The van der Waals surface area contributed by atoms with Crippen LogP contribution in [0.15, 0.2) is 24.3 Å². The molecule has 2 rings (SSSR count). The first-order chi connectivity index (χ1) is 7.90. The predicted octanol–water partition coefficient (Wildman–Crippen LogP) is 1.34. The van der Waals surface area contributed by atoms with Crippen LogP contribution in [0.5, 0.6) is 0 Å². The van der Waals surface area contributed by atoms with Crippen molar-refractivity contribution in [3.05, 3.63) is 29.8 Å². The smallest absolute Gasteiger partial charge is 0.298 e. The SMILES string of the molecule is NCO[B]Cc1ccc(N2CCCC2)cc1. The summed E-state index contributed by atoms with van der Waals surface area (Å²) < 4.78 is 5.01. The van der Waals surface area contributed by atoms with E-state index >= 15 is 0 Å². The number of hydrogen-bond donors (Lipinski definition) is 1. The summed E-state index contributed by atoms with van der Waals surface area (Å²) >= 11 is 0. The Morgan fingerprint density at radius 3 is 2.50 bits per heavy atom. The Kier molecular flexibility index (Phi) is 4.25. The third-order valence-electron chi connectivity index (χ3n) is 2.94. The van der Waals surface area contributed by atoms with Gasteiger partial charge in [-0.25, -0.2) is 0 Å².